The third-order valence-electron chi connectivity index (χ3n) is 3.59. The minimum absolute atomic E-state index is 0.104. The lowest BCUT2D eigenvalue weighted by molar-refractivity contribution is -0.137. The molecule has 0 aliphatic carbocycles. The summed E-state index contributed by atoms with van der Waals surface area (Å²) >= 11 is 0. The molecule has 1 aliphatic rings. The first kappa shape index (κ1) is 14.3. The topological polar surface area (TPSA) is 92.6 Å². The summed E-state index contributed by atoms with van der Waals surface area (Å²) in [5.74, 6) is -0.104. The summed E-state index contributed by atoms with van der Waals surface area (Å²) in [4.78, 5) is 25.9. The molecule has 1 atom stereocenters. The van der Waals surface area contributed by atoms with Crippen LogP contribution in [-0.4, -0.2) is 50.8 Å². The molecule has 0 N–H and O–H groups in total. The Balaban J connectivity index is 1.66. The lowest BCUT2D eigenvalue weighted by Gasteiger charge is -2.29. The average molecular weight is 301 g/mol. The summed E-state index contributed by atoms with van der Waals surface area (Å²) in [5, 5.41) is 13.0. The van der Waals surface area contributed by atoms with Gasteiger partial charge in [-0.05, 0) is 12.1 Å². The van der Waals surface area contributed by atoms with E-state index in [1.165, 1.54) is 9.08 Å². The molecule has 3 rings (SSSR count). The SMILES string of the molecule is N#C[C@@H]1CN(C(=O)CCn2nc3ccccn3c2=O)CCO1. The van der Waals surface area contributed by atoms with E-state index in [-0.39, 0.29) is 31.1 Å². The fourth-order valence-electron chi connectivity index (χ4n) is 2.43. The van der Waals surface area contributed by atoms with Crippen molar-refractivity contribution in [2.45, 2.75) is 19.1 Å². The molecule has 0 aromatic carbocycles. The number of aryl methyl sites for hydroxylation is 1. The number of pyridine rings is 1. The van der Waals surface area contributed by atoms with Gasteiger partial charge in [-0.15, -0.1) is 5.10 Å². The summed E-state index contributed by atoms with van der Waals surface area (Å²) in [6.07, 6.45) is 1.24. The van der Waals surface area contributed by atoms with Crippen molar-refractivity contribution in [1.29, 1.82) is 5.26 Å². The second-order valence-electron chi connectivity index (χ2n) is 5.01. The number of carbonyl (C=O) groups excluding carboxylic acids is 1. The van der Waals surface area contributed by atoms with Gasteiger partial charge in [0.15, 0.2) is 11.8 Å². The van der Waals surface area contributed by atoms with E-state index >= 15 is 0 Å². The lowest BCUT2D eigenvalue weighted by atomic mass is 10.2. The fraction of sp³-hybridized carbons (Fsp3) is 0.429. The Morgan fingerprint density at radius 2 is 2.36 bits per heavy atom. The normalized spacial score (nSPS) is 18.3. The standard InChI is InChI=1S/C14H15N5O3/c15-9-11-10-17(7-8-22-11)13(20)4-6-19-14(21)18-5-2-1-3-12(18)16-19/h1-3,5,11H,4,6-8,10H2/t11-/m1/s1. The number of nitrogens with zero attached hydrogens (tertiary/aromatic N) is 5. The van der Waals surface area contributed by atoms with E-state index in [4.69, 9.17) is 10.00 Å². The number of fused-ring (bicyclic) bond motifs is 1. The third kappa shape index (κ3) is 2.71. The minimum Gasteiger partial charge on any atom is -0.360 e. The smallest absolute Gasteiger partial charge is 0.350 e. The van der Waals surface area contributed by atoms with Gasteiger partial charge >= 0.3 is 5.69 Å². The Labute approximate surface area is 126 Å². The molecule has 8 nitrogen and oxygen atoms in total. The Morgan fingerprint density at radius 3 is 3.14 bits per heavy atom. The first-order chi connectivity index (χ1) is 10.7. The second kappa shape index (κ2) is 5.99. The van der Waals surface area contributed by atoms with Crippen LogP contribution >= 0.6 is 0 Å². The summed E-state index contributed by atoms with van der Waals surface area (Å²) < 4.78 is 7.93. The van der Waals surface area contributed by atoms with Crippen LogP contribution in [0.1, 0.15) is 6.42 Å². The van der Waals surface area contributed by atoms with Crippen LogP contribution in [0.25, 0.3) is 5.65 Å². The number of carbonyl (C=O) groups is 1. The van der Waals surface area contributed by atoms with E-state index in [0.717, 1.165) is 0 Å². The minimum atomic E-state index is -0.574. The van der Waals surface area contributed by atoms with E-state index < -0.39 is 6.10 Å². The number of ether oxygens (including phenoxy) is 1. The van der Waals surface area contributed by atoms with Gasteiger partial charge in [0.1, 0.15) is 0 Å². The molecule has 1 fully saturated rings. The van der Waals surface area contributed by atoms with Crippen LogP contribution in [0.15, 0.2) is 29.2 Å². The molecule has 0 radical (unpaired) electrons. The molecule has 0 saturated carbocycles. The number of aromatic nitrogens is 3. The first-order valence-corrected chi connectivity index (χ1v) is 7.02. The van der Waals surface area contributed by atoms with Crippen molar-refractivity contribution in [3.8, 4) is 6.07 Å². The Kier molecular flexibility index (Phi) is 3.89. The molecular weight excluding hydrogens is 286 g/mol. The molecule has 1 aliphatic heterocycles. The van der Waals surface area contributed by atoms with Crippen molar-refractivity contribution < 1.29 is 9.53 Å². The second-order valence-corrected chi connectivity index (χ2v) is 5.01. The number of morpholine rings is 1. The zero-order valence-corrected chi connectivity index (χ0v) is 11.9. The molecule has 0 unspecified atom stereocenters. The van der Waals surface area contributed by atoms with Gasteiger partial charge in [-0.3, -0.25) is 9.20 Å². The zero-order valence-electron chi connectivity index (χ0n) is 11.9. The predicted molar refractivity (Wildman–Crippen MR) is 76.0 cm³/mol. The van der Waals surface area contributed by atoms with Crippen LogP contribution in [0.2, 0.25) is 0 Å². The van der Waals surface area contributed by atoms with Crippen molar-refractivity contribution in [3.63, 3.8) is 0 Å². The summed E-state index contributed by atoms with van der Waals surface area (Å²) in [6.45, 7) is 1.32. The van der Waals surface area contributed by atoms with Crippen LogP contribution in [0.4, 0.5) is 0 Å². The maximum absolute atomic E-state index is 12.2. The van der Waals surface area contributed by atoms with Gasteiger partial charge in [-0.2, -0.15) is 5.26 Å². The molecule has 3 heterocycles. The van der Waals surface area contributed by atoms with E-state index in [1.807, 2.05) is 6.07 Å². The molecule has 22 heavy (non-hydrogen) atoms. The van der Waals surface area contributed by atoms with Crippen molar-refractivity contribution in [2.75, 3.05) is 19.7 Å². The predicted octanol–water partition coefficient (Wildman–Crippen LogP) is -0.363. The molecule has 0 bridgehead atoms. The fourth-order valence-corrected chi connectivity index (χ4v) is 2.43. The van der Waals surface area contributed by atoms with E-state index in [9.17, 15) is 9.59 Å². The van der Waals surface area contributed by atoms with E-state index in [0.29, 0.717) is 18.8 Å². The maximum Gasteiger partial charge on any atom is 0.350 e. The van der Waals surface area contributed by atoms with Gasteiger partial charge < -0.3 is 9.64 Å². The lowest BCUT2D eigenvalue weighted by Crippen LogP contribution is -2.45. The van der Waals surface area contributed by atoms with Crippen molar-refractivity contribution >= 4 is 11.6 Å². The molecule has 2 aromatic rings. The highest BCUT2D eigenvalue weighted by Gasteiger charge is 2.23. The van der Waals surface area contributed by atoms with Gasteiger partial charge in [0.2, 0.25) is 5.91 Å². The van der Waals surface area contributed by atoms with Crippen LogP contribution in [0.5, 0.6) is 0 Å². The van der Waals surface area contributed by atoms with Crippen molar-refractivity contribution in [3.05, 3.63) is 34.9 Å². The number of hydrogen-bond donors (Lipinski definition) is 0. The van der Waals surface area contributed by atoms with Crippen LogP contribution in [-0.2, 0) is 16.1 Å². The van der Waals surface area contributed by atoms with Gasteiger partial charge in [0.05, 0.1) is 25.8 Å². The van der Waals surface area contributed by atoms with Gasteiger partial charge in [0.25, 0.3) is 0 Å². The average Bonchev–Trinajstić information content (AvgIpc) is 2.89. The van der Waals surface area contributed by atoms with Crippen LogP contribution < -0.4 is 5.69 Å². The maximum atomic E-state index is 12.2. The molecule has 1 saturated heterocycles. The summed E-state index contributed by atoms with van der Waals surface area (Å²) in [6, 6.07) is 7.29. The molecule has 2 aromatic heterocycles. The highest BCUT2D eigenvalue weighted by atomic mass is 16.5. The molecule has 8 heteroatoms. The van der Waals surface area contributed by atoms with Crippen LogP contribution in [0.3, 0.4) is 0 Å². The van der Waals surface area contributed by atoms with Gasteiger partial charge in [-0.1, -0.05) is 6.07 Å². The third-order valence-corrected chi connectivity index (χ3v) is 3.59. The van der Waals surface area contributed by atoms with Gasteiger partial charge in [-0.25, -0.2) is 9.48 Å². The van der Waals surface area contributed by atoms with Crippen molar-refractivity contribution in [2.24, 2.45) is 0 Å². The molecule has 114 valence electrons. The highest BCUT2D eigenvalue weighted by Crippen LogP contribution is 2.06. The highest BCUT2D eigenvalue weighted by molar-refractivity contribution is 5.76. The molecule has 1 amide bonds. The molecule has 0 spiro atoms. The van der Waals surface area contributed by atoms with Gasteiger partial charge in [0, 0.05) is 19.2 Å². The summed E-state index contributed by atoms with van der Waals surface area (Å²) in [5.41, 5.74) is 0.288. The number of amides is 1. The quantitative estimate of drug-likeness (QED) is 0.771. The number of rotatable bonds is 3. The van der Waals surface area contributed by atoms with E-state index in [1.54, 1.807) is 29.3 Å². The van der Waals surface area contributed by atoms with E-state index in [2.05, 4.69) is 5.10 Å². The Hall–Kier alpha value is -2.66. The first-order valence-electron chi connectivity index (χ1n) is 7.02. The number of hydrogen-bond acceptors (Lipinski definition) is 5. The number of nitriles is 1. The molecular formula is C14H15N5O3. The van der Waals surface area contributed by atoms with Crippen LogP contribution in [0, 0.1) is 11.3 Å². The Bertz CT molecular complexity index is 788. The zero-order chi connectivity index (χ0) is 15.5. The monoisotopic (exact) mass is 301 g/mol. The largest absolute Gasteiger partial charge is 0.360 e. The van der Waals surface area contributed by atoms with Crippen molar-refractivity contribution in [1.82, 2.24) is 19.1 Å². The Morgan fingerprint density at radius 1 is 1.50 bits per heavy atom. The summed E-state index contributed by atoms with van der Waals surface area (Å²) in [7, 11) is 0.